The zero-order valence-electron chi connectivity index (χ0n) is 12.7. The number of hydrogen-bond acceptors (Lipinski definition) is 2. The van der Waals surface area contributed by atoms with Crippen LogP contribution in [0, 0.1) is 0 Å². The van der Waals surface area contributed by atoms with Crippen LogP contribution in [0.4, 0.5) is 0 Å². The average molecular weight is 274 g/mol. The third-order valence-electron chi connectivity index (χ3n) is 3.58. The predicted octanol–water partition coefficient (Wildman–Crippen LogP) is 1.62. The van der Waals surface area contributed by atoms with Gasteiger partial charge < -0.3 is 10.6 Å². The van der Waals surface area contributed by atoms with Gasteiger partial charge >= 0.3 is 0 Å². The summed E-state index contributed by atoms with van der Waals surface area (Å²) < 4.78 is 0. The third kappa shape index (κ3) is 4.23. The highest BCUT2D eigenvalue weighted by Gasteiger charge is 2.14. The minimum atomic E-state index is 0.845. The second kappa shape index (κ2) is 7.90. The van der Waals surface area contributed by atoms with E-state index in [4.69, 9.17) is 0 Å². The zero-order chi connectivity index (χ0) is 14.2. The lowest BCUT2D eigenvalue weighted by molar-refractivity contribution is 0.261. The summed E-state index contributed by atoms with van der Waals surface area (Å²) in [7, 11) is 0. The maximum absolute atomic E-state index is 4.61. The first kappa shape index (κ1) is 14.9. The molecule has 0 atom stereocenters. The minimum absolute atomic E-state index is 0.845. The third-order valence-corrected chi connectivity index (χ3v) is 3.58. The van der Waals surface area contributed by atoms with Crippen molar-refractivity contribution in [3.8, 4) is 0 Å². The van der Waals surface area contributed by atoms with Crippen LogP contribution in [0.25, 0.3) is 0 Å². The molecule has 1 aliphatic rings. The van der Waals surface area contributed by atoms with Crippen LogP contribution in [-0.4, -0.2) is 43.6 Å². The smallest absolute Gasteiger partial charge is 0.191 e. The monoisotopic (exact) mass is 274 g/mol. The highest BCUT2D eigenvalue weighted by molar-refractivity contribution is 5.79. The number of hydrogen-bond donors (Lipinski definition) is 2. The lowest BCUT2D eigenvalue weighted by Gasteiger charge is -2.28. The SMILES string of the molecule is CCNC(=NCCN1CCc2ccccc2C1)NCC. The first-order valence-corrected chi connectivity index (χ1v) is 7.64. The molecule has 0 fully saturated rings. The van der Waals surface area contributed by atoms with E-state index >= 15 is 0 Å². The molecular weight excluding hydrogens is 248 g/mol. The number of guanidine groups is 1. The van der Waals surface area contributed by atoms with E-state index in [0.717, 1.165) is 51.6 Å². The normalized spacial score (nSPS) is 14.5. The second-order valence-electron chi connectivity index (χ2n) is 5.09. The van der Waals surface area contributed by atoms with E-state index in [9.17, 15) is 0 Å². The lowest BCUT2D eigenvalue weighted by Crippen LogP contribution is -2.38. The zero-order valence-corrected chi connectivity index (χ0v) is 12.7. The molecular formula is C16H26N4. The molecule has 0 bridgehead atoms. The van der Waals surface area contributed by atoms with Crippen molar-refractivity contribution in [1.29, 1.82) is 0 Å². The molecule has 0 spiro atoms. The van der Waals surface area contributed by atoms with Crippen LogP contribution < -0.4 is 10.6 Å². The Morgan fingerprint density at radius 3 is 2.55 bits per heavy atom. The quantitative estimate of drug-likeness (QED) is 0.633. The van der Waals surface area contributed by atoms with Crippen molar-refractivity contribution in [1.82, 2.24) is 15.5 Å². The van der Waals surface area contributed by atoms with Crippen LogP contribution in [0.3, 0.4) is 0 Å². The maximum Gasteiger partial charge on any atom is 0.191 e. The van der Waals surface area contributed by atoms with Crippen LogP contribution in [0.15, 0.2) is 29.3 Å². The van der Waals surface area contributed by atoms with Gasteiger partial charge in [-0.2, -0.15) is 0 Å². The molecule has 0 saturated carbocycles. The number of nitrogens with zero attached hydrogens (tertiary/aromatic N) is 2. The number of rotatable bonds is 5. The Morgan fingerprint density at radius 2 is 1.85 bits per heavy atom. The summed E-state index contributed by atoms with van der Waals surface area (Å²) in [5, 5.41) is 6.51. The Labute approximate surface area is 122 Å². The number of benzene rings is 1. The molecule has 4 heteroatoms. The van der Waals surface area contributed by atoms with Crippen molar-refractivity contribution in [3.63, 3.8) is 0 Å². The Kier molecular flexibility index (Phi) is 5.87. The Hall–Kier alpha value is -1.55. The van der Waals surface area contributed by atoms with Crippen molar-refractivity contribution >= 4 is 5.96 Å². The standard InChI is InChI=1S/C16H26N4/c1-3-17-16(18-4-2)19-10-12-20-11-9-14-7-5-6-8-15(14)13-20/h5-8H,3-4,9-13H2,1-2H3,(H2,17,18,19). The van der Waals surface area contributed by atoms with Crippen molar-refractivity contribution < 1.29 is 0 Å². The highest BCUT2D eigenvalue weighted by atomic mass is 15.2. The van der Waals surface area contributed by atoms with Gasteiger partial charge in [0, 0.05) is 32.7 Å². The van der Waals surface area contributed by atoms with Gasteiger partial charge in [-0.3, -0.25) is 9.89 Å². The molecule has 0 unspecified atom stereocenters. The fourth-order valence-electron chi connectivity index (χ4n) is 2.56. The summed E-state index contributed by atoms with van der Waals surface area (Å²) >= 11 is 0. The number of fused-ring (bicyclic) bond motifs is 1. The van der Waals surface area contributed by atoms with E-state index in [1.165, 1.54) is 11.1 Å². The molecule has 0 aliphatic carbocycles. The molecule has 1 aromatic carbocycles. The van der Waals surface area contributed by atoms with E-state index < -0.39 is 0 Å². The fourth-order valence-corrected chi connectivity index (χ4v) is 2.56. The van der Waals surface area contributed by atoms with Gasteiger partial charge in [0.05, 0.1) is 6.54 Å². The Balaban J connectivity index is 1.82. The second-order valence-corrected chi connectivity index (χ2v) is 5.09. The molecule has 0 radical (unpaired) electrons. The molecule has 20 heavy (non-hydrogen) atoms. The first-order chi connectivity index (χ1) is 9.83. The van der Waals surface area contributed by atoms with E-state index in [0.29, 0.717) is 0 Å². The minimum Gasteiger partial charge on any atom is -0.357 e. The summed E-state index contributed by atoms with van der Waals surface area (Å²) in [4.78, 5) is 7.09. The Morgan fingerprint density at radius 1 is 1.15 bits per heavy atom. The van der Waals surface area contributed by atoms with Crippen molar-refractivity contribution in [2.45, 2.75) is 26.8 Å². The first-order valence-electron chi connectivity index (χ1n) is 7.64. The molecule has 0 amide bonds. The molecule has 110 valence electrons. The van der Waals surface area contributed by atoms with E-state index in [-0.39, 0.29) is 0 Å². The molecule has 1 heterocycles. The molecule has 2 N–H and O–H groups in total. The number of aliphatic imine (C=N–C) groups is 1. The van der Waals surface area contributed by atoms with Crippen LogP contribution in [0.5, 0.6) is 0 Å². The van der Waals surface area contributed by atoms with E-state index in [1.807, 2.05) is 0 Å². The molecule has 4 nitrogen and oxygen atoms in total. The summed E-state index contributed by atoms with van der Waals surface area (Å²) in [6, 6.07) is 8.76. The van der Waals surface area contributed by atoms with E-state index in [2.05, 4.69) is 58.6 Å². The summed E-state index contributed by atoms with van der Waals surface area (Å²) in [6.07, 6.45) is 1.16. The van der Waals surface area contributed by atoms with Crippen LogP contribution >= 0.6 is 0 Å². The van der Waals surface area contributed by atoms with Crippen LogP contribution in [-0.2, 0) is 13.0 Å². The van der Waals surface area contributed by atoms with Gasteiger partial charge in [0.2, 0.25) is 0 Å². The van der Waals surface area contributed by atoms with Gasteiger partial charge in [0.25, 0.3) is 0 Å². The lowest BCUT2D eigenvalue weighted by atomic mass is 10.0. The summed E-state index contributed by atoms with van der Waals surface area (Å²) in [6.45, 7) is 10.1. The van der Waals surface area contributed by atoms with Crippen molar-refractivity contribution in [2.75, 3.05) is 32.7 Å². The topological polar surface area (TPSA) is 39.7 Å². The van der Waals surface area contributed by atoms with Crippen LogP contribution in [0.2, 0.25) is 0 Å². The van der Waals surface area contributed by atoms with Crippen molar-refractivity contribution in [2.24, 2.45) is 4.99 Å². The summed E-state index contributed by atoms with van der Waals surface area (Å²) in [5.74, 6) is 0.924. The van der Waals surface area contributed by atoms with Gasteiger partial charge in [-0.15, -0.1) is 0 Å². The Bertz CT molecular complexity index is 434. The van der Waals surface area contributed by atoms with Gasteiger partial charge in [0.1, 0.15) is 0 Å². The molecule has 1 aromatic rings. The maximum atomic E-state index is 4.61. The van der Waals surface area contributed by atoms with E-state index in [1.54, 1.807) is 0 Å². The molecule has 2 rings (SSSR count). The van der Waals surface area contributed by atoms with Gasteiger partial charge in [-0.1, -0.05) is 24.3 Å². The van der Waals surface area contributed by atoms with Crippen LogP contribution in [0.1, 0.15) is 25.0 Å². The molecule has 0 aromatic heterocycles. The van der Waals surface area contributed by atoms with Gasteiger partial charge in [0.15, 0.2) is 5.96 Å². The van der Waals surface area contributed by atoms with Crippen molar-refractivity contribution in [3.05, 3.63) is 35.4 Å². The van der Waals surface area contributed by atoms with Gasteiger partial charge in [-0.05, 0) is 31.4 Å². The fraction of sp³-hybridized carbons (Fsp3) is 0.562. The van der Waals surface area contributed by atoms with Gasteiger partial charge in [-0.25, -0.2) is 0 Å². The average Bonchev–Trinajstić information content (AvgIpc) is 2.47. The summed E-state index contributed by atoms with van der Waals surface area (Å²) in [5.41, 5.74) is 2.98. The molecule has 0 saturated heterocycles. The highest BCUT2D eigenvalue weighted by Crippen LogP contribution is 2.17. The molecule has 1 aliphatic heterocycles. The predicted molar refractivity (Wildman–Crippen MR) is 85.1 cm³/mol. The largest absolute Gasteiger partial charge is 0.357 e. The number of nitrogens with one attached hydrogen (secondary N) is 2.